The van der Waals surface area contributed by atoms with E-state index >= 15 is 0 Å². The summed E-state index contributed by atoms with van der Waals surface area (Å²) in [6.45, 7) is 3.76. The fraction of sp³-hybridized carbons (Fsp3) is 0.571. The van der Waals surface area contributed by atoms with Gasteiger partial charge in [-0.1, -0.05) is 43.7 Å². The summed E-state index contributed by atoms with van der Waals surface area (Å²) in [6.07, 6.45) is 2.61. The molecule has 4 atom stereocenters. The third-order valence-electron chi connectivity index (χ3n) is 6.37. The number of imide groups is 1. The van der Waals surface area contributed by atoms with Gasteiger partial charge < -0.3 is 9.64 Å². The van der Waals surface area contributed by atoms with Crippen molar-refractivity contribution in [2.24, 2.45) is 11.8 Å². The van der Waals surface area contributed by atoms with Crippen LogP contribution in [0.2, 0.25) is 0 Å². The first kappa shape index (κ1) is 19.5. The van der Waals surface area contributed by atoms with E-state index in [0.717, 1.165) is 24.2 Å². The fourth-order valence-electron chi connectivity index (χ4n) is 4.52. The average Bonchev–Trinajstić information content (AvgIpc) is 2.84. The number of likely N-dealkylation sites (N-methyl/N-ethyl adjacent to an activating group) is 1. The SMILES string of the molecule is COC1CC(C)CCC1C1(C)C(=O)N(CC(=O)c2ccccc2)C(=O)N1C. The zero-order valence-corrected chi connectivity index (χ0v) is 16.5. The Labute approximate surface area is 160 Å². The molecule has 146 valence electrons. The normalized spacial score (nSPS) is 31.5. The quantitative estimate of drug-likeness (QED) is 0.589. The molecule has 0 N–H and O–H groups in total. The molecule has 0 spiro atoms. The first-order valence-corrected chi connectivity index (χ1v) is 9.51. The number of Topliss-reactive ketones (excluding diaryl/α,β-unsaturated/α-hetero) is 1. The molecule has 1 aliphatic heterocycles. The van der Waals surface area contributed by atoms with Crippen molar-refractivity contribution in [3.8, 4) is 0 Å². The van der Waals surface area contributed by atoms with E-state index in [1.165, 1.54) is 4.90 Å². The third-order valence-corrected chi connectivity index (χ3v) is 6.37. The molecule has 6 nitrogen and oxygen atoms in total. The monoisotopic (exact) mass is 372 g/mol. The molecule has 1 heterocycles. The molecule has 0 radical (unpaired) electrons. The van der Waals surface area contributed by atoms with E-state index in [-0.39, 0.29) is 30.3 Å². The second kappa shape index (κ2) is 7.43. The van der Waals surface area contributed by atoms with Gasteiger partial charge in [-0.2, -0.15) is 0 Å². The van der Waals surface area contributed by atoms with Gasteiger partial charge in [-0.05, 0) is 25.7 Å². The molecule has 6 heteroatoms. The molecule has 1 aromatic rings. The van der Waals surface area contributed by atoms with Crippen LogP contribution >= 0.6 is 0 Å². The van der Waals surface area contributed by atoms with Crippen LogP contribution in [0.25, 0.3) is 0 Å². The Morgan fingerprint density at radius 1 is 1.22 bits per heavy atom. The molecule has 3 rings (SSSR count). The summed E-state index contributed by atoms with van der Waals surface area (Å²) < 4.78 is 5.69. The number of hydrogen-bond donors (Lipinski definition) is 0. The Morgan fingerprint density at radius 2 is 1.89 bits per heavy atom. The standard InChI is InChI=1S/C21H28N2O4/c1-14-10-11-16(18(12-14)27-4)21(2)19(25)23(20(26)22(21)3)13-17(24)15-8-6-5-7-9-15/h5-9,14,16,18H,10-13H2,1-4H3. The molecule has 0 bridgehead atoms. The highest BCUT2D eigenvalue weighted by molar-refractivity contribution is 6.11. The molecule has 1 aromatic carbocycles. The summed E-state index contributed by atoms with van der Waals surface area (Å²) in [6, 6.07) is 8.33. The second-order valence-electron chi connectivity index (χ2n) is 7.97. The van der Waals surface area contributed by atoms with Gasteiger partial charge in [0.2, 0.25) is 0 Å². The van der Waals surface area contributed by atoms with Gasteiger partial charge in [-0.3, -0.25) is 14.5 Å². The minimum Gasteiger partial charge on any atom is -0.381 e. The minimum atomic E-state index is -0.991. The van der Waals surface area contributed by atoms with Crippen LogP contribution in [0.15, 0.2) is 30.3 Å². The van der Waals surface area contributed by atoms with Gasteiger partial charge in [0.15, 0.2) is 5.78 Å². The van der Waals surface area contributed by atoms with E-state index in [2.05, 4.69) is 6.92 Å². The maximum atomic E-state index is 13.3. The number of hydrogen-bond acceptors (Lipinski definition) is 4. The predicted molar refractivity (Wildman–Crippen MR) is 101 cm³/mol. The lowest BCUT2D eigenvalue weighted by Crippen LogP contribution is -2.56. The van der Waals surface area contributed by atoms with Gasteiger partial charge in [-0.25, -0.2) is 4.79 Å². The Hall–Kier alpha value is -2.21. The number of amides is 3. The minimum absolute atomic E-state index is 0.0808. The first-order valence-electron chi connectivity index (χ1n) is 9.51. The molecule has 4 unspecified atom stereocenters. The van der Waals surface area contributed by atoms with Gasteiger partial charge >= 0.3 is 6.03 Å². The number of carbonyl (C=O) groups excluding carboxylic acids is 3. The molecule has 27 heavy (non-hydrogen) atoms. The Bertz CT molecular complexity index is 735. The van der Waals surface area contributed by atoms with Gasteiger partial charge in [0.1, 0.15) is 5.54 Å². The molecule has 3 amide bonds. The fourth-order valence-corrected chi connectivity index (χ4v) is 4.52. The van der Waals surface area contributed by atoms with Gasteiger partial charge in [0, 0.05) is 25.6 Å². The van der Waals surface area contributed by atoms with E-state index in [4.69, 9.17) is 4.74 Å². The lowest BCUT2D eigenvalue weighted by Gasteiger charge is -2.44. The lowest BCUT2D eigenvalue weighted by molar-refractivity contribution is -0.139. The van der Waals surface area contributed by atoms with Crippen molar-refractivity contribution >= 4 is 17.7 Å². The summed E-state index contributed by atoms with van der Waals surface area (Å²) >= 11 is 0. The van der Waals surface area contributed by atoms with Gasteiger partial charge in [0.25, 0.3) is 5.91 Å². The Balaban J connectivity index is 1.85. The van der Waals surface area contributed by atoms with E-state index in [1.807, 2.05) is 13.0 Å². The molecule has 1 aliphatic carbocycles. The van der Waals surface area contributed by atoms with Crippen LogP contribution in [-0.2, 0) is 9.53 Å². The van der Waals surface area contributed by atoms with Crippen molar-refractivity contribution in [1.29, 1.82) is 0 Å². The Morgan fingerprint density at radius 3 is 2.52 bits per heavy atom. The average molecular weight is 372 g/mol. The lowest BCUT2D eigenvalue weighted by atomic mass is 9.70. The maximum absolute atomic E-state index is 13.3. The van der Waals surface area contributed by atoms with Crippen LogP contribution in [0, 0.1) is 11.8 Å². The number of ketones is 1. The molecule has 1 saturated heterocycles. The zero-order chi connectivity index (χ0) is 19.8. The van der Waals surface area contributed by atoms with E-state index in [0.29, 0.717) is 11.5 Å². The number of rotatable bonds is 5. The number of methoxy groups -OCH3 is 1. The van der Waals surface area contributed by atoms with E-state index in [9.17, 15) is 14.4 Å². The van der Waals surface area contributed by atoms with Crippen molar-refractivity contribution in [2.45, 2.75) is 44.8 Å². The van der Waals surface area contributed by atoms with Crippen molar-refractivity contribution in [3.63, 3.8) is 0 Å². The van der Waals surface area contributed by atoms with Crippen molar-refractivity contribution in [3.05, 3.63) is 35.9 Å². The predicted octanol–water partition coefficient (Wildman–Crippen LogP) is 2.97. The highest BCUT2D eigenvalue weighted by Gasteiger charge is 2.59. The molecule has 0 aromatic heterocycles. The topological polar surface area (TPSA) is 66.9 Å². The van der Waals surface area contributed by atoms with Crippen LogP contribution in [0.1, 0.15) is 43.5 Å². The van der Waals surface area contributed by atoms with Crippen LogP contribution in [-0.4, -0.2) is 59.9 Å². The van der Waals surface area contributed by atoms with E-state index < -0.39 is 11.6 Å². The molecule has 2 aliphatic rings. The molecule has 1 saturated carbocycles. The van der Waals surface area contributed by atoms with Crippen LogP contribution in [0.5, 0.6) is 0 Å². The number of urea groups is 1. The maximum Gasteiger partial charge on any atom is 0.327 e. The van der Waals surface area contributed by atoms with E-state index in [1.54, 1.807) is 38.4 Å². The summed E-state index contributed by atoms with van der Waals surface area (Å²) in [5.41, 5.74) is -0.495. The van der Waals surface area contributed by atoms with Crippen LogP contribution in [0.3, 0.4) is 0 Å². The third kappa shape index (κ3) is 3.27. The van der Waals surface area contributed by atoms with Crippen LogP contribution < -0.4 is 0 Å². The van der Waals surface area contributed by atoms with Gasteiger partial charge in [-0.15, -0.1) is 0 Å². The summed E-state index contributed by atoms with van der Waals surface area (Å²) in [5, 5.41) is 0. The highest BCUT2D eigenvalue weighted by atomic mass is 16.5. The first-order chi connectivity index (χ1) is 12.8. The second-order valence-corrected chi connectivity index (χ2v) is 7.97. The summed E-state index contributed by atoms with van der Waals surface area (Å²) in [5.74, 6) is -0.101. The smallest absolute Gasteiger partial charge is 0.327 e. The molecule has 2 fully saturated rings. The Kier molecular flexibility index (Phi) is 5.38. The number of ether oxygens (including phenoxy) is 1. The van der Waals surface area contributed by atoms with Gasteiger partial charge in [0.05, 0.1) is 12.6 Å². The molecular formula is C21H28N2O4. The van der Waals surface area contributed by atoms with Crippen molar-refractivity contribution in [1.82, 2.24) is 9.80 Å². The summed E-state index contributed by atoms with van der Waals surface area (Å²) in [7, 11) is 3.31. The zero-order valence-electron chi connectivity index (χ0n) is 16.5. The largest absolute Gasteiger partial charge is 0.381 e. The molecular weight excluding hydrogens is 344 g/mol. The number of benzene rings is 1. The number of carbonyl (C=O) groups is 3. The number of nitrogens with zero attached hydrogens (tertiary/aromatic N) is 2. The summed E-state index contributed by atoms with van der Waals surface area (Å²) in [4.78, 5) is 41.3. The highest BCUT2D eigenvalue weighted by Crippen LogP contribution is 2.43. The van der Waals surface area contributed by atoms with Crippen molar-refractivity contribution in [2.75, 3.05) is 20.7 Å². The van der Waals surface area contributed by atoms with Crippen molar-refractivity contribution < 1.29 is 19.1 Å². The van der Waals surface area contributed by atoms with Crippen LogP contribution in [0.4, 0.5) is 4.79 Å².